The molecule has 0 atom stereocenters. The first-order valence-corrected chi connectivity index (χ1v) is 19.8. The molecule has 6 heteroatoms. The molecule has 0 spiro atoms. The molecule has 0 saturated carbocycles. The number of aromatic nitrogens is 4. The summed E-state index contributed by atoms with van der Waals surface area (Å²) < 4.78 is 4.80. The predicted molar refractivity (Wildman–Crippen MR) is 238 cm³/mol. The Morgan fingerprint density at radius 2 is 0.947 bits per heavy atom. The van der Waals surface area contributed by atoms with Crippen LogP contribution in [0.3, 0.4) is 0 Å². The van der Waals surface area contributed by atoms with Gasteiger partial charge in [-0.15, -0.1) is 11.3 Å². The van der Waals surface area contributed by atoms with Crippen molar-refractivity contribution in [3.8, 4) is 39.9 Å². The summed E-state index contributed by atoms with van der Waals surface area (Å²) in [7, 11) is 0. The third-order valence-corrected chi connectivity index (χ3v) is 11.9. The van der Waals surface area contributed by atoms with Crippen LogP contribution in [-0.2, 0) is 0 Å². The number of para-hydroxylation sites is 2. The molecule has 0 radical (unpaired) electrons. The Bertz CT molecular complexity index is 3170. The van der Waals surface area contributed by atoms with Gasteiger partial charge in [-0.1, -0.05) is 146 Å². The minimum Gasteiger partial charge on any atom is -0.310 e. The second-order valence-corrected chi connectivity index (χ2v) is 15.1. The van der Waals surface area contributed by atoms with Gasteiger partial charge in [0.1, 0.15) is 0 Å². The monoisotopic (exact) mass is 747 g/mol. The first-order chi connectivity index (χ1) is 28.3. The van der Waals surface area contributed by atoms with Crippen LogP contribution in [0.15, 0.2) is 200 Å². The predicted octanol–water partition coefficient (Wildman–Crippen LogP) is 13.8. The molecule has 0 unspecified atom stereocenters. The third-order valence-electron chi connectivity index (χ3n) is 10.7. The summed E-state index contributed by atoms with van der Waals surface area (Å²) in [5.41, 5.74) is 9.59. The van der Waals surface area contributed by atoms with E-state index in [4.69, 9.17) is 15.0 Å². The number of nitrogens with zero attached hydrogens (tertiary/aromatic N) is 5. The lowest BCUT2D eigenvalue weighted by atomic mass is 10.0. The van der Waals surface area contributed by atoms with Crippen LogP contribution in [0.2, 0.25) is 0 Å². The topological polar surface area (TPSA) is 46.8 Å². The summed E-state index contributed by atoms with van der Waals surface area (Å²) in [6.07, 6.45) is 0. The van der Waals surface area contributed by atoms with E-state index in [1.807, 2.05) is 72.0 Å². The van der Waals surface area contributed by atoms with Crippen molar-refractivity contribution in [2.45, 2.75) is 0 Å². The molecule has 5 nitrogen and oxygen atoms in total. The molecular weight excluding hydrogens is 715 g/mol. The van der Waals surface area contributed by atoms with Gasteiger partial charge in [0.05, 0.1) is 11.0 Å². The number of rotatable bonds is 7. The SMILES string of the molecule is c1ccc(-c2nc(-c3ccccc3)nc(-n3c4ccccc4c4cc(N(c5ccccc5)c5ccc(-c6cccc7c6sc6ccccc67)cc5)ccc43)n2)cc1. The summed E-state index contributed by atoms with van der Waals surface area (Å²) in [5.74, 6) is 1.83. The Labute approximate surface area is 333 Å². The molecule has 0 bridgehead atoms. The molecule has 0 N–H and O–H groups in total. The zero-order valence-electron chi connectivity index (χ0n) is 30.7. The Balaban J connectivity index is 1.06. The molecular formula is C51H33N5S. The normalized spacial score (nSPS) is 11.5. The zero-order chi connectivity index (χ0) is 37.7. The number of hydrogen-bond donors (Lipinski definition) is 0. The quantitative estimate of drug-likeness (QED) is 0.163. The fraction of sp³-hybridized carbons (Fsp3) is 0. The molecule has 3 heterocycles. The third kappa shape index (κ3) is 5.74. The average molecular weight is 748 g/mol. The van der Waals surface area contributed by atoms with Gasteiger partial charge in [-0.05, 0) is 65.7 Å². The van der Waals surface area contributed by atoms with E-state index >= 15 is 0 Å². The van der Waals surface area contributed by atoms with Crippen LogP contribution in [0.4, 0.5) is 17.1 Å². The van der Waals surface area contributed by atoms with Crippen molar-refractivity contribution >= 4 is 70.4 Å². The van der Waals surface area contributed by atoms with Crippen LogP contribution < -0.4 is 4.90 Å². The number of thiophene rings is 1. The molecule has 0 fully saturated rings. The lowest BCUT2D eigenvalue weighted by molar-refractivity contribution is 0.953. The van der Waals surface area contributed by atoms with E-state index in [-0.39, 0.29) is 0 Å². The highest BCUT2D eigenvalue weighted by Crippen LogP contribution is 2.43. The minimum atomic E-state index is 0.575. The molecule has 0 aliphatic carbocycles. The lowest BCUT2D eigenvalue weighted by Crippen LogP contribution is -2.10. The van der Waals surface area contributed by atoms with Crippen molar-refractivity contribution in [2.75, 3.05) is 4.90 Å². The van der Waals surface area contributed by atoms with Gasteiger partial charge in [-0.3, -0.25) is 4.57 Å². The first-order valence-electron chi connectivity index (χ1n) is 19.0. The van der Waals surface area contributed by atoms with E-state index in [1.54, 1.807) is 0 Å². The van der Waals surface area contributed by atoms with Crippen LogP contribution in [0, 0.1) is 0 Å². The van der Waals surface area contributed by atoms with Gasteiger partial charge in [0.25, 0.3) is 0 Å². The van der Waals surface area contributed by atoms with Gasteiger partial charge in [0.2, 0.25) is 5.95 Å². The number of anilines is 3. The van der Waals surface area contributed by atoms with Crippen LogP contribution in [0.25, 0.3) is 81.8 Å². The molecule has 0 aliphatic heterocycles. The van der Waals surface area contributed by atoms with Crippen LogP contribution in [0.5, 0.6) is 0 Å². The average Bonchev–Trinajstić information content (AvgIpc) is 3.83. The van der Waals surface area contributed by atoms with Gasteiger partial charge in [-0.2, -0.15) is 9.97 Å². The molecule has 57 heavy (non-hydrogen) atoms. The van der Waals surface area contributed by atoms with Crippen LogP contribution >= 0.6 is 11.3 Å². The molecule has 0 saturated heterocycles. The van der Waals surface area contributed by atoms with E-state index in [1.165, 1.54) is 31.3 Å². The Morgan fingerprint density at radius 3 is 1.67 bits per heavy atom. The second kappa shape index (κ2) is 13.7. The molecule has 3 aromatic heterocycles. The van der Waals surface area contributed by atoms with Crippen molar-refractivity contribution < 1.29 is 0 Å². The smallest absolute Gasteiger partial charge is 0.238 e. The summed E-state index contributed by atoms with van der Waals surface area (Å²) in [4.78, 5) is 17.5. The Hall–Kier alpha value is -7.41. The molecule has 268 valence electrons. The highest BCUT2D eigenvalue weighted by atomic mass is 32.1. The molecule has 11 aromatic rings. The fourth-order valence-corrected chi connectivity index (χ4v) is 9.24. The van der Waals surface area contributed by atoms with E-state index in [9.17, 15) is 0 Å². The lowest BCUT2D eigenvalue weighted by Gasteiger charge is -2.26. The zero-order valence-corrected chi connectivity index (χ0v) is 31.5. The maximum absolute atomic E-state index is 5.12. The summed E-state index contributed by atoms with van der Waals surface area (Å²) in [5, 5.41) is 4.85. The van der Waals surface area contributed by atoms with E-state index < -0.39 is 0 Å². The van der Waals surface area contributed by atoms with E-state index in [0.717, 1.165) is 50.0 Å². The number of fused-ring (bicyclic) bond motifs is 6. The molecule has 11 rings (SSSR count). The van der Waals surface area contributed by atoms with E-state index in [0.29, 0.717) is 17.6 Å². The molecule has 0 aliphatic rings. The number of hydrogen-bond acceptors (Lipinski definition) is 5. The summed E-state index contributed by atoms with van der Waals surface area (Å²) >= 11 is 1.86. The molecule has 0 amide bonds. The van der Waals surface area contributed by atoms with Gasteiger partial charge >= 0.3 is 0 Å². The maximum Gasteiger partial charge on any atom is 0.238 e. The largest absolute Gasteiger partial charge is 0.310 e. The van der Waals surface area contributed by atoms with Crippen LogP contribution in [0.1, 0.15) is 0 Å². The first kappa shape index (κ1) is 33.0. The van der Waals surface area contributed by atoms with Crippen molar-refractivity contribution in [1.29, 1.82) is 0 Å². The summed E-state index contributed by atoms with van der Waals surface area (Å²) in [6.45, 7) is 0. The van der Waals surface area contributed by atoms with Gasteiger partial charge in [0, 0.05) is 59.1 Å². The van der Waals surface area contributed by atoms with Crippen molar-refractivity contribution in [3.63, 3.8) is 0 Å². The van der Waals surface area contributed by atoms with Crippen molar-refractivity contribution in [2.24, 2.45) is 0 Å². The van der Waals surface area contributed by atoms with Crippen LogP contribution in [-0.4, -0.2) is 19.5 Å². The Kier molecular flexibility index (Phi) is 7.93. The van der Waals surface area contributed by atoms with Gasteiger partial charge in [-0.25, -0.2) is 4.98 Å². The van der Waals surface area contributed by atoms with Gasteiger partial charge < -0.3 is 4.90 Å². The number of benzene rings is 8. The highest BCUT2D eigenvalue weighted by Gasteiger charge is 2.20. The van der Waals surface area contributed by atoms with Crippen molar-refractivity contribution in [1.82, 2.24) is 19.5 Å². The van der Waals surface area contributed by atoms with Crippen molar-refractivity contribution in [3.05, 3.63) is 200 Å². The highest BCUT2D eigenvalue weighted by molar-refractivity contribution is 7.26. The standard InChI is InChI=1S/C51H33N5S/c1-4-15-35(16-5-1)49-52-50(36-17-6-2-7-18-36)54-51(53-49)56-45-25-12-10-21-41(45)44-33-39(31-32-46(44)56)55(37-19-8-3-9-20-37)38-29-27-34(28-30-38)40-23-14-24-43-42-22-11-13-26-47(42)57-48(40)43/h1-33H. The van der Waals surface area contributed by atoms with Gasteiger partial charge in [0.15, 0.2) is 11.6 Å². The maximum atomic E-state index is 5.12. The minimum absolute atomic E-state index is 0.575. The molecule has 8 aromatic carbocycles. The summed E-state index contributed by atoms with van der Waals surface area (Å²) in [6, 6.07) is 70.4. The fourth-order valence-electron chi connectivity index (χ4n) is 8.00. The Morgan fingerprint density at radius 1 is 0.386 bits per heavy atom. The second-order valence-electron chi connectivity index (χ2n) is 14.1. The van der Waals surface area contributed by atoms with E-state index in [2.05, 4.69) is 149 Å².